The minimum absolute atomic E-state index is 0.476. The lowest BCUT2D eigenvalue weighted by molar-refractivity contribution is 0.217. The van der Waals surface area contributed by atoms with Gasteiger partial charge in [-0.2, -0.15) is 0 Å². The summed E-state index contributed by atoms with van der Waals surface area (Å²) in [6.45, 7) is 3.07. The zero-order valence-electron chi connectivity index (χ0n) is 19.2. The third-order valence-corrected chi connectivity index (χ3v) is 5.86. The molecule has 0 radical (unpaired) electrons. The van der Waals surface area contributed by atoms with Gasteiger partial charge in [0.05, 0.1) is 5.52 Å². The smallest absolute Gasteiger partial charge is 0.150 e. The van der Waals surface area contributed by atoms with Crippen LogP contribution in [0.3, 0.4) is 0 Å². The molecule has 0 aliphatic rings. The lowest BCUT2D eigenvalue weighted by atomic mass is 10.0. The van der Waals surface area contributed by atoms with Gasteiger partial charge in [-0.15, -0.1) is 0 Å². The minimum Gasteiger partial charge on any atom is -0.490 e. The number of anilines is 1. The standard InChI is InChI=1S/C29H27N3O2/c1-20-7-14-25-26-18-22(19-31-28(26)29(30)32-27(25)17-20)9-8-21-10-12-24(13-11-21)34-16-15-33-23-5-3-2-4-6-23/h2-7,10-14,17-19H,8-9,15-16H2,1H3,(H2,30,32). The lowest BCUT2D eigenvalue weighted by Crippen LogP contribution is -2.08. The normalized spacial score (nSPS) is 11.1. The molecule has 0 saturated carbocycles. The maximum absolute atomic E-state index is 6.18. The second-order valence-electron chi connectivity index (χ2n) is 8.41. The summed E-state index contributed by atoms with van der Waals surface area (Å²) in [5.74, 6) is 2.17. The van der Waals surface area contributed by atoms with E-state index in [9.17, 15) is 0 Å². The summed E-state index contributed by atoms with van der Waals surface area (Å²) >= 11 is 0. The van der Waals surface area contributed by atoms with Crippen LogP contribution in [-0.4, -0.2) is 23.2 Å². The summed E-state index contributed by atoms with van der Waals surface area (Å²) in [7, 11) is 0. The van der Waals surface area contributed by atoms with Crippen LogP contribution in [0.1, 0.15) is 16.7 Å². The number of fused-ring (bicyclic) bond motifs is 3. The van der Waals surface area contributed by atoms with Gasteiger partial charge in [-0.25, -0.2) is 4.98 Å². The topological polar surface area (TPSA) is 70.3 Å². The van der Waals surface area contributed by atoms with Crippen molar-refractivity contribution < 1.29 is 9.47 Å². The highest BCUT2D eigenvalue weighted by Gasteiger charge is 2.09. The summed E-state index contributed by atoms with van der Waals surface area (Å²) in [5, 5.41) is 2.14. The quantitative estimate of drug-likeness (QED) is 0.235. The summed E-state index contributed by atoms with van der Waals surface area (Å²) in [4.78, 5) is 9.16. The Morgan fingerprint density at radius 1 is 0.735 bits per heavy atom. The Bertz CT molecular complexity index is 1420. The lowest BCUT2D eigenvalue weighted by Gasteiger charge is -2.10. The van der Waals surface area contributed by atoms with E-state index in [1.807, 2.05) is 48.7 Å². The van der Waals surface area contributed by atoms with Crippen molar-refractivity contribution in [3.8, 4) is 11.5 Å². The molecule has 0 atom stereocenters. The molecule has 170 valence electrons. The Balaban J connectivity index is 1.21. The summed E-state index contributed by atoms with van der Waals surface area (Å²) in [6.07, 6.45) is 3.72. The Kier molecular flexibility index (Phi) is 6.25. The molecule has 2 aromatic heterocycles. The van der Waals surface area contributed by atoms with Crippen LogP contribution in [0.25, 0.3) is 21.8 Å². The third kappa shape index (κ3) is 4.94. The van der Waals surface area contributed by atoms with E-state index in [4.69, 9.17) is 15.2 Å². The number of hydrogen-bond acceptors (Lipinski definition) is 5. The van der Waals surface area contributed by atoms with Gasteiger partial charge in [-0.1, -0.05) is 42.5 Å². The second kappa shape index (κ2) is 9.79. The van der Waals surface area contributed by atoms with Crippen molar-refractivity contribution in [1.29, 1.82) is 0 Å². The molecule has 0 aliphatic heterocycles. The molecule has 2 N–H and O–H groups in total. The average Bonchev–Trinajstić information content (AvgIpc) is 2.86. The Labute approximate surface area is 199 Å². The molecule has 5 rings (SSSR count). The van der Waals surface area contributed by atoms with Gasteiger partial charge < -0.3 is 15.2 Å². The van der Waals surface area contributed by atoms with Crippen LogP contribution >= 0.6 is 0 Å². The molecular formula is C29H27N3O2. The van der Waals surface area contributed by atoms with Crippen LogP contribution < -0.4 is 15.2 Å². The summed E-state index contributed by atoms with van der Waals surface area (Å²) in [6, 6.07) is 26.5. The number of rotatable bonds is 8. The zero-order chi connectivity index (χ0) is 23.3. The van der Waals surface area contributed by atoms with Crippen LogP contribution in [-0.2, 0) is 12.8 Å². The summed E-state index contributed by atoms with van der Waals surface area (Å²) in [5.41, 5.74) is 11.5. The molecule has 0 bridgehead atoms. The van der Waals surface area contributed by atoms with Gasteiger partial charge in [0.15, 0.2) is 5.82 Å². The first kappa shape index (κ1) is 21.7. The van der Waals surface area contributed by atoms with Gasteiger partial charge >= 0.3 is 0 Å². The van der Waals surface area contributed by atoms with E-state index in [0.29, 0.717) is 19.0 Å². The molecule has 2 heterocycles. The monoisotopic (exact) mass is 449 g/mol. The van der Waals surface area contributed by atoms with Crippen LogP contribution in [0, 0.1) is 6.92 Å². The van der Waals surface area contributed by atoms with Crippen molar-refractivity contribution in [1.82, 2.24) is 9.97 Å². The van der Waals surface area contributed by atoms with Crippen molar-refractivity contribution in [3.05, 3.63) is 102 Å². The number of pyridine rings is 2. The summed E-state index contributed by atoms with van der Waals surface area (Å²) < 4.78 is 11.5. The van der Waals surface area contributed by atoms with Gasteiger partial charge in [-0.3, -0.25) is 4.98 Å². The molecule has 0 amide bonds. The predicted molar refractivity (Wildman–Crippen MR) is 137 cm³/mol. The molecule has 5 nitrogen and oxygen atoms in total. The molecule has 0 fully saturated rings. The van der Waals surface area contributed by atoms with Crippen LogP contribution in [0.2, 0.25) is 0 Å². The first-order valence-electron chi connectivity index (χ1n) is 11.5. The molecule has 5 aromatic rings. The van der Waals surface area contributed by atoms with Crippen LogP contribution in [0.4, 0.5) is 5.82 Å². The highest BCUT2D eigenvalue weighted by Crippen LogP contribution is 2.28. The van der Waals surface area contributed by atoms with E-state index in [2.05, 4.69) is 53.3 Å². The molecule has 34 heavy (non-hydrogen) atoms. The van der Waals surface area contributed by atoms with Gasteiger partial charge in [-0.05, 0) is 72.9 Å². The first-order chi connectivity index (χ1) is 16.7. The van der Waals surface area contributed by atoms with Crippen LogP contribution in [0.5, 0.6) is 11.5 Å². The number of nitrogens with two attached hydrogens (primary N) is 1. The van der Waals surface area contributed by atoms with Crippen molar-refractivity contribution in [2.45, 2.75) is 19.8 Å². The Morgan fingerprint density at radius 3 is 2.21 bits per heavy atom. The maximum atomic E-state index is 6.18. The number of para-hydroxylation sites is 1. The average molecular weight is 450 g/mol. The zero-order valence-corrected chi connectivity index (χ0v) is 19.2. The van der Waals surface area contributed by atoms with E-state index >= 15 is 0 Å². The SMILES string of the molecule is Cc1ccc2c(c1)nc(N)c1ncc(CCc3ccc(OCCOc4ccccc4)cc3)cc12. The van der Waals surface area contributed by atoms with Crippen molar-refractivity contribution >= 4 is 27.6 Å². The molecule has 0 unspecified atom stereocenters. The first-order valence-corrected chi connectivity index (χ1v) is 11.5. The van der Waals surface area contributed by atoms with Crippen molar-refractivity contribution in [2.75, 3.05) is 18.9 Å². The van der Waals surface area contributed by atoms with E-state index < -0.39 is 0 Å². The fourth-order valence-corrected chi connectivity index (χ4v) is 4.08. The third-order valence-electron chi connectivity index (χ3n) is 5.86. The molecule has 5 heteroatoms. The predicted octanol–water partition coefficient (Wildman–Crippen LogP) is 5.92. The van der Waals surface area contributed by atoms with Gasteiger partial charge in [0, 0.05) is 17.0 Å². The molecule has 0 saturated heterocycles. The number of benzene rings is 3. The molecular weight excluding hydrogens is 422 g/mol. The van der Waals surface area contributed by atoms with Crippen molar-refractivity contribution in [2.24, 2.45) is 0 Å². The van der Waals surface area contributed by atoms with E-state index in [1.54, 1.807) is 0 Å². The number of hydrogen-bond donors (Lipinski definition) is 1. The van der Waals surface area contributed by atoms with E-state index in [1.165, 1.54) is 16.7 Å². The Hall–Kier alpha value is -4.12. The number of aromatic nitrogens is 2. The van der Waals surface area contributed by atoms with Gasteiger partial charge in [0.2, 0.25) is 0 Å². The maximum Gasteiger partial charge on any atom is 0.150 e. The van der Waals surface area contributed by atoms with E-state index in [0.717, 1.165) is 46.1 Å². The highest BCUT2D eigenvalue weighted by atomic mass is 16.5. The number of ether oxygens (including phenoxy) is 2. The molecule has 0 spiro atoms. The van der Waals surface area contributed by atoms with Crippen LogP contribution in [0.15, 0.2) is 85.1 Å². The highest BCUT2D eigenvalue weighted by molar-refractivity contribution is 6.08. The van der Waals surface area contributed by atoms with E-state index in [-0.39, 0.29) is 0 Å². The van der Waals surface area contributed by atoms with Gasteiger partial charge in [0.25, 0.3) is 0 Å². The minimum atomic E-state index is 0.476. The fraction of sp³-hybridized carbons (Fsp3) is 0.172. The largest absolute Gasteiger partial charge is 0.490 e. The molecule has 0 aliphatic carbocycles. The van der Waals surface area contributed by atoms with Crippen molar-refractivity contribution in [3.63, 3.8) is 0 Å². The number of nitrogens with zero attached hydrogens (tertiary/aromatic N) is 2. The number of nitrogen functional groups attached to an aromatic ring is 1. The van der Waals surface area contributed by atoms with Gasteiger partial charge in [0.1, 0.15) is 30.2 Å². The second-order valence-corrected chi connectivity index (χ2v) is 8.41. The number of aryl methyl sites for hydroxylation is 3. The fourth-order valence-electron chi connectivity index (χ4n) is 4.08. The molecule has 3 aromatic carbocycles. The Morgan fingerprint density at radius 2 is 1.44 bits per heavy atom.